The Balaban J connectivity index is 1.24. The molecule has 0 bridgehead atoms. The number of allylic oxidation sites excluding steroid dienone is 3. The van der Waals surface area contributed by atoms with Gasteiger partial charge in [-0.2, -0.15) is 0 Å². The summed E-state index contributed by atoms with van der Waals surface area (Å²) in [5.74, 6) is 0.981. The lowest BCUT2D eigenvalue weighted by Crippen LogP contribution is -2.52. The average molecular weight is 457 g/mol. The van der Waals surface area contributed by atoms with Crippen molar-refractivity contribution in [3.05, 3.63) is 48.2 Å². The summed E-state index contributed by atoms with van der Waals surface area (Å²) in [4.78, 5) is 30.1. The van der Waals surface area contributed by atoms with E-state index in [9.17, 15) is 14.7 Å². The largest absolute Gasteiger partial charge is 0.474 e. The normalized spacial score (nSPS) is 25.8. The summed E-state index contributed by atoms with van der Waals surface area (Å²) < 4.78 is 10.7. The summed E-state index contributed by atoms with van der Waals surface area (Å²) in [6.45, 7) is 2.10. The fraction of sp³-hybridized carbons (Fsp3) is 0.542. The number of carbonyl (C=O) groups is 2. The number of rotatable bonds is 6. The zero-order chi connectivity index (χ0) is 23.2. The number of piperidine rings is 2. The molecule has 1 aromatic heterocycles. The molecular weight excluding hydrogens is 424 g/mol. The second kappa shape index (κ2) is 10.8. The predicted molar refractivity (Wildman–Crippen MR) is 122 cm³/mol. The van der Waals surface area contributed by atoms with Gasteiger partial charge in [-0.1, -0.05) is 24.3 Å². The van der Waals surface area contributed by atoms with Crippen LogP contribution in [-0.2, 0) is 4.74 Å². The molecule has 3 N–H and O–H groups in total. The number of methoxy groups -OCH3 is 1. The number of aliphatic hydroxyl groups is 1. The molecule has 4 atom stereocenters. The molecule has 2 fully saturated rings. The Kier molecular flexibility index (Phi) is 7.61. The van der Waals surface area contributed by atoms with Crippen molar-refractivity contribution in [2.75, 3.05) is 33.3 Å². The SMILES string of the molecule is COC(=O)N1CCC(Oc2cc(C(=O)NC[C@@H](O)[C@@H]3CC4C=CC=CC4CN3)ccn2)CC1. The highest BCUT2D eigenvalue weighted by Crippen LogP contribution is 2.28. The van der Waals surface area contributed by atoms with E-state index in [-0.39, 0.29) is 30.7 Å². The zero-order valence-electron chi connectivity index (χ0n) is 18.9. The van der Waals surface area contributed by atoms with Crippen molar-refractivity contribution in [1.29, 1.82) is 0 Å². The van der Waals surface area contributed by atoms with E-state index < -0.39 is 6.10 Å². The molecule has 4 rings (SSSR count). The highest BCUT2D eigenvalue weighted by molar-refractivity contribution is 5.94. The Bertz CT molecular complexity index is 897. The van der Waals surface area contributed by atoms with E-state index in [1.54, 1.807) is 17.0 Å². The van der Waals surface area contributed by atoms with Crippen LogP contribution in [0.2, 0.25) is 0 Å². The van der Waals surface area contributed by atoms with E-state index in [4.69, 9.17) is 9.47 Å². The number of amides is 2. The molecule has 2 saturated heterocycles. The molecule has 2 unspecified atom stereocenters. The molecule has 0 saturated carbocycles. The van der Waals surface area contributed by atoms with E-state index in [0.29, 0.717) is 49.2 Å². The number of hydrogen-bond acceptors (Lipinski definition) is 7. The lowest BCUT2D eigenvalue weighted by atomic mass is 9.79. The minimum Gasteiger partial charge on any atom is -0.474 e. The average Bonchev–Trinajstić information content (AvgIpc) is 2.87. The first-order chi connectivity index (χ1) is 16.0. The van der Waals surface area contributed by atoms with Gasteiger partial charge >= 0.3 is 6.09 Å². The van der Waals surface area contributed by atoms with Crippen molar-refractivity contribution in [3.8, 4) is 5.88 Å². The first-order valence-electron chi connectivity index (χ1n) is 11.5. The Morgan fingerprint density at radius 3 is 2.79 bits per heavy atom. The third-order valence-electron chi connectivity index (χ3n) is 6.61. The maximum Gasteiger partial charge on any atom is 0.409 e. The molecule has 9 heteroatoms. The minimum absolute atomic E-state index is 0.0603. The van der Waals surface area contributed by atoms with Crippen LogP contribution >= 0.6 is 0 Å². The number of pyridine rings is 1. The number of carbonyl (C=O) groups excluding carboxylic acids is 2. The molecule has 2 aliphatic heterocycles. The van der Waals surface area contributed by atoms with Crippen LogP contribution in [0.5, 0.6) is 5.88 Å². The van der Waals surface area contributed by atoms with Gasteiger partial charge < -0.3 is 30.1 Å². The van der Waals surface area contributed by atoms with Crippen LogP contribution in [0.1, 0.15) is 29.6 Å². The number of aromatic nitrogens is 1. The smallest absolute Gasteiger partial charge is 0.409 e. The second-order valence-electron chi connectivity index (χ2n) is 8.78. The number of nitrogens with one attached hydrogen (secondary N) is 2. The number of hydrogen-bond donors (Lipinski definition) is 3. The summed E-state index contributed by atoms with van der Waals surface area (Å²) in [5, 5.41) is 16.8. The highest BCUT2D eigenvalue weighted by Gasteiger charge is 2.32. The third-order valence-corrected chi connectivity index (χ3v) is 6.61. The first-order valence-corrected chi connectivity index (χ1v) is 11.5. The van der Waals surface area contributed by atoms with Gasteiger partial charge in [-0.15, -0.1) is 0 Å². The maximum absolute atomic E-state index is 12.7. The number of fused-ring (bicyclic) bond motifs is 1. The molecular formula is C24H32N4O5. The Hall–Kier alpha value is -2.91. The van der Waals surface area contributed by atoms with Crippen LogP contribution in [-0.4, -0.2) is 78.5 Å². The van der Waals surface area contributed by atoms with Crippen LogP contribution in [0, 0.1) is 11.8 Å². The fourth-order valence-electron chi connectivity index (χ4n) is 4.64. The molecule has 0 radical (unpaired) electrons. The van der Waals surface area contributed by atoms with E-state index >= 15 is 0 Å². The van der Waals surface area contributed by atoms with Crippen LogP contribution < -0.4 is 15.4 Å². The highest BCUT2D eigenvalue weighted by atomic mass is 16.5. The molecule has 9 nitrogen and oxygen atoms in total. The van der Waals surface area contributed by atoms with Crippen molar-refractivity contribution >= 4 is 12.0 Å². The zero-order valence-corrected chi connectivity index (χ0v) is 18.9. The van der Waals surface area contributed by atoms with Crippen molar-refractivity contribution in [1.82, 2.24) is 20.5 Å². The molecule has 1 aliphatic carbocycles. The van der Waals surface area contributed by atoms with Crippen LogP contribution in [0.4, 0.5) is 4.79 Å². The summed E-state index contributed by atoms with van der Waals surface area (Å²) in [5.41, 5.74) is 0.427. The minimum atomic E-state index is -0.674. The van der Waals surface area contributed by atoms with Crippen LogP contribution in [0.25, 0.3) is 0 Å². The lowest BCUT2D eigenvalue weighted by molar-refractivity contribution is 0.0763. The fourth-order valence-corrected chi connectivity index (χ4v) is 4.64. The third kappa shape index (κ3) is 5.91. The van der Waals surface area contributed by atoms with Crippen LogP contribution in [0.15, 0.2) is 42.6 Å². The van der Waals surface area contributed by atoms with Crippen molar-refractivity contribution in [2.45, 2.75) is 37.5 Å². The van der Waals surface area contributed by atoms with Gasteiger partial charge in [-0.3, -0.25) is 4.79 Å². The Labute approximate surface area is 193 Å². The molecule has 0 spiro atoms. The molecule has 2 amide bonds. The number of likely N-dealkylation sites (tertiary alicyclic amines) is 1. The lowest BCUT2D eigenvalue weighted by Gasteiger charge is -2.37. The number of ether oxygens (including phenoxy) is 2. The summed E-state index contributed by atoms with van der Waals surface area (Å²) in [6, 6.07) is 3.17. The van der Waals surface area contributed by atoms with Gasteiger partial charge in [0.2, 0.25) is 5.88 Å². The second-order valence-corrected chi connectivity index (χ2v) is 8.78. The van der Waals surface area contributed by atoms with Gasteiger partial charge in [-0.05, 0) is 24.3 Å². The summed E-state index contributed by atoms with van der Waals surface area (Å²) >= 11 is 0. The quantitative estimate of drug-likeness (QED) is 0.595. The molecule has 3 aliphatic rings. The number of nitrogens with zero attached hydrogens (tertiary/aromatic N) is 2. The predicted octanol–water partition coefficient (Wildman–Crippen LogP) is 1.50. The van der Waals surface area contributed by atoms with Gasteiger partial charge in [0.1, 0.15) is 6.10 Å². The van der Waals surface area contributed by atoms with Crippen molar-refractivity contribution in [3.63, 3.8) is 0 Å². The Morgan fingerprint density at radius 1 is 1.27 bits per heavy atom. The topological polar surface area (TPSA) is 113 Å². The molecule has 33 heavy (non-hydrogen) atoms. The van der Waals surface area contributed by atoms with Crippen LogP contribution in [0.3, 0.4) is 0 Å². The first kappa shape index (κ1) is 23.3. The monoisotopic (exact) mass is 456 g/mol. The standard InChI is InChI=1S/C24H32N4O5/c1-32-24(31)28-10-7-19(8-11-28)33-22-13-17(6-9-25-22)23(30)27-15-21(29)20-12-16-4-2-3-5-18(16)14-26-20/h2-6,9,13,16,18-21,26,29H,7-8,10-12,14-15H2,1H3,(H,27,30)/t16?,18?,20-,21+/m0/s1. The van der Waals surface area contributed by atoms with Gasteiger partial charge in [0, 0.05) is 62.9 Å². The summed E-state index contributed by atoms with van der Waals surface area (Å²) in [7, 11) is 1.37. The van der Waals surface area contributed by atoms with Gasteiger partial charge in [0.25, 0.3) is 5.91 Å². The van der Waals surface area contributed by atoms with E-state index in [0.717, 1.165) is 13.0 Å². The van der Waals surface area contributed by atoms with E-state index in [1.807, 2.05) is 0 Å². The van der Waals surface area contributed by atoms with Gasteiger partial charge in [0.05, 0.1) is 13.2 Å². The van der Waals surface area contributed by atoms with E-state index in [2.05, 4.69) is 39.9 Å². The molecule has 1 aromatic rings. The van der Waals surface area contributed by atoms with Gasteiger partial charge in [0.15, 0.2) is 0 Å². The number of aliphatic hydroxyl groups excluding tert-OH is 1. The summed E-state index contributed by atoms with van der Waals surface area (Å²) in [6.07, 6.45) is 11.1. The van der Waals surface area contributed by atoms with Crippen molar-refractivity contribution < 1.29 is 24.2 Å². The Morgan fingerprint density at radius 2 is 2.03 bits per heavy atom. The van der Waals surface area contributed by atoms with E-state index in [1.165, 1.54) is 13.3 Å². The molecule has 178 valence electrons. The van der Waals surface area contributed by atoms with Gasteiger partial charge in [-0.25, -0.2) is 9.78 Å². The molecule has 0 aromatic carbocycles. The maximum atomic E-state index is 12.7. The van der Waals surface area contributed by atoms with Crippen molar-refractivity contribution in [2.24, 2.45) is 11.8 Å². The molecule has 3 heterocycles.